The van der Waals surface area contributed by atoms with Crippen molar-refractivity contribution in [2.75, 3.05) is 0 Å². The molecule has 0 aliphatic rings. The zero-order valence-electron chi connectivity index (χ0n) is 10.4. The number of aromatic nitrogens is 2. The smallest absolute Gasteiger partial charge is 0.307 e. The third-order valence-electron chi connectivity index (χ3n) is 2.60. The van der Waals surface area contributed by atoms with Gasteiger partial charge in [0.2, 0.25) is 10.0 Å². The maximum atomic E-state index is 12.0. The molecule has 0 bridgehead atoms. The van der Waals surface area contributed by atoms with E-state index in [0.717, 1.165) is 0 Å². The molecule has 0 fully saturated rings. The second kappa shape index (κ2) is 5.85. The summed E-state index contributed by atoms with van der Waals surface area (Å²) in [6, 6.07) is 7.40. The predicted octanol–water partition coefficient (Wildman–Crippen LogP) is 0.515. The number of carboxylic acids is 1. The first kappa shape index (κ1) is 14.2. The molecule has 1 aromatic heterocycles. The summed E-state index contributed by atoms with van der Waals surface area (Å²) in [5.74, 6) is -0.960. The number of H-pyrrole nitrogens is 1. The van der Waals surface area contributed by atoms with Crippen LogP contribution < -0.4 is 4.72 Å². The number of rotatable bonds is 6. The SMILES string of the molecule is O=C(O)Cc1ccc(S(=O)(=O)NCc2ccn[nH]2)cc1. The molecule has 0 saturated heterocycles. The van der Waals surface area contributed by atoms with Gasteiger partial charge in [0.1, 0.15) is 0 Å². The van der Waals surface area contributed by atoms with Crippen molar-refractivity contribution in [3.8, 4) is 0 Å². The normalized spacial score (nSPS) is 11.4. The molecule has 20 heavy (non-hydrogen) atoms. The minimum absolute atomic E-state index is 0.0890. The van der Waals surface area contributed by atoms with Crippen LogP contribution in [-0.2, 0) is 27.8 Å². The molecule has 106 valence electrons. The molecule has 1 heterocycles. The largest absolute Gasteiger partial charge is 0.481 e. The van der Waals surface area contributed by atoms with E-state index in [2.05, 4.69) is 14.9 Å². The molecule has 7 nitrogen and oxygen atoms in total. The number of aromatic amines is 1. The first-order chi connectivity index (χ1) is 9.47. The number of aliphatic carboxylic acids is 1. The summed E-state index contributed by atoms with van der Waals surface area (Å²) in [6.45, 7) is 0.110. The van der Waals surface area contributed by atoms with Gasteiger partial charge in [-0.15, -0.1) is 0 Å². The summed E-state index contributed by atoms with van der Waals surface area (Å²) in [7, 11) is -3.63. The van der Waals surface area contributed by atoms with Gasteiger partial charge in [0, 0.05) is 6.20 Å². The van der Waals surface area contributed by atoms with Gasteiger partial charge in [-0.05, 0) is 23.8 Å². The molecule has 0 radical (unpaired) electrons. The quantitative estimate of drug-likeness (QED) is 0.719. The number of carboxylic acid groups (broad SMARTS) is 1. The molecule has 0 saturated carbocycles. The minimum Gasteiger partial charge on any atom is -0.481 e. The van der Waals surface area contributed by atoms with Crippen LogP contribution in [0.4, 0.5) is 0 Å². The van der Waals surface area contributed by atoms with Crippen LogP contribution in [0.1, 0.15) is 11.3 Å². The van der Waals surface area contributed by atoms with Crippen LogP contribution in [0.2, 0.25) is 0 Å². The number of nitrogens with one attached hydrogen (secondary N) is 2. The van der Waals surface area contributed by atoms with Crippen molar-refractivity contribution in [1.82, 2.24) is 14.9 Å². The summed E-state index contributed by atoms with van der Waals surface area (Å²) in [5.41, 5.74) is 1.20. The molecule has 2 rings (SSSR count). The first-order valence-corrected chi connectivity index (χ1v) is 7.24. The fourth-order valence-corrected chi connectivity index (χ4v) is 2.61. The Labute approximate surface area is 115 Å². The lowest BCUT2D eigenvalue weighted by molar-refractivity contribution is -0.136. The lowest BCUT2D eigenvalue weighted by atomic mass is 10.2. The Bertz CT molecular complexity index is 678. The van der Waals surface area contributed by atoms with E-state index in [1.807, 2.05) is 0 Å². The van der Waals surface area contributed by atoms with E-state index < -0.39 is 16.0 Å². The van der Waals surface area contributed by atoms with E-state index in [1.54, 1.807) is 6.07 Å². The lowest BCUT2D eigenvalue weighted by Gasteiger charge is -2.06. The second-order valence-electron chi connectivity index (χ2n) is 4.12. The highest BCUT2D eigenvalue weighted by atomic mass is 32.2. The molecule has 0 spiro atoms. The van der Waals surface area contributed by atoms with Crippen molar-refractivity contribution in [1.29, 1.82) is 0 Å². The summed E-state index contributed by atoms with van der Waals surface area (Å²) < 4.78 is 26.4. The molecular weight excluding hydrogens is 282 g/mol. The number of hydrogen-bond donors (Lipinski definition) is 3. The molecule has 0 unspecified atom stereocenters. The van der Waals surface area contributed by atoms with Gasteiger partial charge in [0.05, 0.1) is 23.6 Å². The average Bonchev–Trinajstić information content (AvgIpc) is 2.89. The van der Waals surface area contributed by atoms with Gasteiger partial charge in [-0.3, -0.25) is 9.89 Å². The van der Waals surface area contributed by atoms with E-state index in [-0.39, 0.29) is 17.9 Å². The Kier molecular flexibility index (Phi) is 4.16. The molecule has 8 heteroatoms. The third kappa shape index (κ3) is 3.65. The van der Waals surface area contributed by atoms with Gasteiger partial charge in [-0.1, -0.05) is 12.1 Å². The van der Waals surface area contributed by atoms with Crippen molar-refractivity contribution in [2.24, 2.45) is 0 Å². The summed E-state index contributed by atoms with van der Waals surface area (Å²) in [6.07, 6.45) is 1.40. The van der Waals surface area contributed by atoms with Gasteiger partial charge in [-0.25, -0.2) is 13.1 Å². The summed E-state index contributed by atoms with van der Waals surface area (Å²) >= 11 is 0. The van der Waals surface area contributed by atoms with Crippen LogP contribution in [0.3, 0.4) is 0 Å². The van der Waals surface area contributed by atoms with Crippen molar-refractivity contribution >= 4 is 16.0 Å². The Morgan fingerprint density at radius 3 is 2.50 bits per heavy atom. The topological polar surface area (TPSA) is 112 Å². The first-order valence-electron chi connectivity index (χ1n) is 5.76. The zero-order valence-corrected chi connectivity index (χ0v) is 11.2. The highest BCUT2D eigenvalue weighted by Gasteiger charge is 2.14. The second-order valence-corrected chi connectivity index (χ2v) is 5.89. The third-order valence-corrected chi connectivity index (χ3v) is 4.02. The van der Waals surface area contributed by atoms with Gasteiger partial charge in [-0.2, -0.15) is 5.10 Å². The van der Waals surface area contributed by atoms with Crippen molar-refractivity contribution in [2.45, 2.75) is 17.9 Å². The molecular formula is C12H13N3O4S. The van der Waals surface area contributed by atoms with E-state index in [0.29, 0.717) is 11.3 Å². The van der Waals surface area contributed by atoms with Crippen molar-refractivity contribution in [3.05, 3.63) is 47.8 Å². The van der Waals surface area contributed by atoms with Crippen LogP contribution in [-0.4, -0.2) is 29.7 Å². The number of benzene rings is 1. The Hall–Kier alpha value is -2.19. The van der Waals surface area contributed by atoms with Crippen LogP contribution >= 0.6 is 0 Å². The summed E-state index contributed by atoms with van der Waals surface area (Å²) in [4.78, 5) is 10.6. The predicted molar refractivity (Wildman–Crippen MR) is 70.4 cm³/mol. The highest BCUT2D eigenvalue weighted by Crippen LogP contribution is 2.11. The van der Waals surface area contributed by atoms with Crippen LogP contribution in [0, 0.1) is 0 Å². The molecule has 0 amide bonds. The van der Waals surface area contributed by atoms with Crippen LogP contribution in [0.25, 0.3) is 0 Å². The molecule has 0 aliphatic heterocycles. The van der Waals surface area contributed by atoms with Crippen LogP contribution in [0.15, 0.2) is 41.4 Å². The van der Waals surface area contributed by atoms with E-state index in [9.17, 15) is 13.2 Å². The van der Waals surface area contributed by atoms with E-state index >= 15 is 0 Å². The van der Waals surface area contributed by atoms with E-state index in [4.69, 9.17) is 5.11 Å². The number of sulfonamides is 1. The Balaban J connectivity index is 2.07. The molecule has 0 atom stereocenters. The molecule has 2 aromatic rings. The molecule has 0 aliphatic carbocycles. The monoisotopic (exact) mass is 295 g/mol. The standard InChI is InChI=1S/C12H13N3O4S/c16-12(17)7-9-1-3-11(4-2-9)20(18,19)14-8-10-5-6-13-15-10/h1-6,14H,7-8H2,(H,13,15)(H,16,17). The zero-order chi connectivity index (χ0) is 14.6. The van der Waals surface area contributed by atoms with Gasteiger partial charge in [0.15, 0.2) is 0 Å². The number of hydrogen-bond acceptors (Lipinski definition) is 4. The number of nitrogens with zero attached hydrogens (tertiary/aromatic N) is 1. The van der Waals surface area contributed by atoms with Crippen molar-refractivity contribution in [3.63, 3.8) is 0 Å². The average molecular weight is 295 g/mol. The lowest BCUT2D eigenvalue weighted by Crippen LogP contribution is -2.23. The summed E-state index contributed by atoms with van der Waals surface area (Å²) in [5, 5.41) is 15.0. The minimum atomic E-state index is -3.63. The maximum absolute atomic E-state index is 12.0. The van der Waals surface area contributed by atoms with Gasteiger partial charge in [0.25, 0.3) is 0 Å². The van der Waals surface area contributed by atoms with Crippen molar-refractivity contribution < 1.29 is 18.3 Å². The highest BCUT2D eigenvalue weighted by molar-refractivity contribution is 7.89. The fourth-order valence-electron chi connectivity index (χ4n) is 1.60. The van der Waals surface area contributed by atoms with Gasteiger partial charge >= 0.3 is 5.97 Å². The Morgan fingerprint density at radius 2 is 1.95 bits per heavy atom. The van der Waals surface area contributed by atoms with Crippen LogP contribution in [0.5, 0.6) is 0 Å². The Morgan fingerprint density at radius 1 is 1.25 bits per heavy atom. The van der Waals surface area contributed by atoms with E-state index in [1.165, 1.54) is 30.5 Å². The number of carbonyl (C=O) groups is 1. The maximum Gasteiger partial charge on any atom is 0.307 e. The van der Waals surface area contributed by atoms with Gasteiger partial charge < -0.3 is 5.11 Å². The molecule has 3 N–H and O–H groups in total. The fraction of sp³-hybridized carbons (Fsp3) is 0.167. The molecule has 1 aromatic carbocycles.